The Labute approximate surface area is 131 Å². The lowest BCUT2D eigenvalue weighted by molar-refractivity contribution is 0.621. The van der Waals surface area contributed by atoms with E-state index in [0.29, 0.717) is 25.3 Å². The fourth-order valence-corrected chi connectivity index (χ4v) is 2.65. The summed E-state index contributed by atoms with van der Waals surface area (Å²) in [6, 6.07) is 6.77. The lowest BCUT2D eigenvalue weighted by atomic mass is 10.2. The number of hydrogen-bond donors (Lipinski definition) is 1. The van der Waals surface area contributed by atoms with Crippen LogP contribution in [-0.2, 0) is 0 Å². The van der Waals surface area contributed by atoms with Crippen LogP contribution in [0.25, 0.3) is 16.7 Å². The smallest absolute Gasteiger partial charge is 0.205 e. The third-order valence-corrected chi connectivity index (χ3v) is 4.02. The second-order valence-corrected chi connectivity index (χ2v) is 5.73. The fourth-order valence-electron chi connectivity index (χ4n) is 2.00. The average Bonchev–Trinajstić information content (AvgIpc) is 2.69. The first-order valence-electron chi connectivity index (χ1n) is 5.56. The molecule has 0 spiro atoms. The van der Waals surface area contributed by atoms with Gasteiger partial charge in [0.1, 0.15) is 11.6 Å². The third-order valence-electron chi connectivity index (χ3n) is 2.87. The van der Waals surface area contributed by atoms with Gasteiger partial charge in [-0.25, -0.2) is 13.8 Å². The van der Waals surface area contributed by atoms with Crippen LogP contribution in [0.3, 0.4) is 0 Å². The van der Waals surface area contributed by atoms with Crippen LogP contribution < -0.4 is 5.73 Å². The molecule has 2 aromatic carbocycles. The number of benzene rings is 2. The molecule has 0 bridgehead atoms. The summed E-state index contributed by atoms with van der Waals surface area (Å²) in [6.07, 6.45) is 0. The monoisotopic (exact) mass is 405 g/mol. The van der Waals surface area contributed by atoms with Crippen molar-refractivity contribution in [1.82, 2.24) is 9.55 Å². The molecule has 1 aromatic heterocycles. The second kappa shape index (κ2) is 4.85. The van der Waals surface area contributed by atoms with Crippen molar-refractivity contribution < 1.29 is 8.78 Å². The van der Waals surface area contributed by atoms with Crippen molar-refractivity contribution in [2.24, 2.45) is 0 Å². The molecular formula is C13H7ClF2IN3. The summed E-state index contributed by atoms with van der Waals surface area (Å²) in [6.45, 7) is 0. The molecule has 3 nitrogen and oxygen atoms in total. The Kier molecular flexibility index (Phi) is 3.29. The molecule has 3 aromatic rings. The molecule has 1 heterocycles. The highest BCUT2D eigenvalue weighted by Gasteiger charge is 2.15. The molecular weight excluding hydrogens is 399 g/mol. The summed E-state index contributed by atoms with van der Waals surface area (Å²) >= 11 is 7.93. The van der Waals surface area contributed by atoms with E-state index < -0.39 is 11.6 Å². The van der Waals surface area contributed by atoms with E-state index in [-0.39, 0.29) is 5.95 Å². The predicted molar refractivity (Wildman–Crippen MR) is 83.1 cm³/mol. The number of aromatic nitrogens is 2. The second-order valence-electron chi connectivity index (χ2n) is 4.16. The largest absolute Gasteiger partial charge is 0.369 e. The number of anilines is 1. The molecule has 0 fully saturated rings. The van der Waals surface area contributed by atoms with Crippen LogP contribution in [0.5, 0.6) is 0 Å². The first-order chi connectivity index (χ1) is 9.47. The molecule has 3 rings (SSSR count). The lowest BCUT2D eigenvalue weighted by Crippen LogP contribution is -2.02. The first-order valence-corrected chi connectivity index (χ1v) is 7.01. The van der Waals surface area contributed by atoms with Crippen LogP contribution in [0.4, 0.5) is 14.7 Å². The Morgan fingerprint density at radius 2 is 1.95 bits per heavy atom. The van der Waals surface area contributed by atoms with Crippen molar-refractivity contribution in [3.63, 3.8) is 0 Å². The third kappa shape index (κ3) is 2.12. The minimum atomic E-state index is -0.461. The van der Waals surface area contributed by atoms with Crippen LogP contribution in [0.1, 0.15) is 0 Å². The Morgan fingerprint density at radius 1 is 1.20 bits per heavy atom. The van der Waals surface area contributed by atoms with E-state index in [1.54, 1.807) is 6.07 Å². The van der Waals surface area contributed by atoms with Gasteiger partial charge in [0.05, 0.1) is 25.3 Å². The van der Waals surface area contributed by atoms with Crippen molar-refractivity contribution in [2.75, 3.05) is 5.73 Å². The van der Waals surface area contributed by atoms with E-state index in [0.717, 1.165) is 0 Å². The zero-order valence-electron chi connectivity index (χ0n) is 9.87. The standard InChI is InChI=1S/C13H7ClF2IN3/c14-7-2-1-6(15)3-11(7)20-12-4-8(16)9(17)5-10(12)19-13(20)18/h1-5H,(H2,18,19). The van der Waals surface area contributed by atoms with E-state index >= 15 is 0 Å². The maximum absolute atomic E-state index is 13.7. The van der Waals surface area contributed by atoms with Gasteiger partial charge in [-0.1, -0.05) is 11.6 Å². The summed E-state index contributed by atoms with van der Waals surface area (Å²) in [4.78, 5) is 4.15. The van der Waals surface area contributed by atoms with Gasteiger partial charge < -0.3 is 5.73 Å². The highest BCUT2D eigenvalue weighted by molar-refractivity contribution is 14.1. The van der Waals surface area contributed by atoms with E-state index in [1.165, 1.54) is 28.8 Å². The number of imidazole rings is 1. The zero-order chi connectivity index (χ0) is 14.4. The van der Waals surface area contributed by atoms with Gasteiger partial charge >= 0.3 is 0 Å². The summed E-state index contributed by atoms with van der Waals surface area (Å²) in [5.41, 5.74) is 7.14. The quantitative estimate of drug-likeness (QED) is 0.618. The number of nitrogen functional groups attached to an aromatic ring is 1. The van der Waals surface area contributed by atoms with Crippen molar-refractivity contribution >= 4 is 51.2 Å². The number of fused-ring (bicyclic) bond motifs is 1. The van der Waals surface area contributed by atoms with Gasteiger partial charge in [0, 0.05) is 6.07 Å². The fraction of sp³-hybridized carbons (Fsp3) is 0. The number of nitrogens with two attached hydrogens (primary N) is 1. The normalized spacial score (nSPS) is 11.2. The van der Waals surface area contributed by atoms with Crippen LogP contribution in [0.15, 0.2) is 30.3 Å². The van der Waals surface area contributed by atoms with Gasteiger partial charge in [0.2, 0.25) is 5.95 Å². The van der Waals surface area contributed by atoms with Crippen LogP contribution in [-0.4, -0.2) is 9.55 Å². The molecule has 0 amide bonds. The van der Waals surface area contributed by atoms with Crippen LogP contribution >= 0.6 is 34.2 Å². The first kappa shape index (κ1) is 13.6. The number of rotatable bonds is 1. The molecule has 0 aliphatic rings. The molecule has 0 saturated carbocycles. The number of halogens is 4. The van der Waals surface area contributed by atoms with Gasteiger partial charge in [-0.15, -0.1) is 0 Å². The molecule has 0 radical (unpaired) electrons. The molecule has 0 saturated heterocycles. The van der Waals surface area contributed by atoms with E-state index in [9.17, 15) is 8.78 Å². The molecule has 20 heavy (non-hydrogen) atoms. The molecule has 0 aliphatic heterocycles. The molecule has 0 aliphatic carbocycles. The lowest BCUT2D eigenvalue weighted by Gasteiger charge is -2.09. The Hall–Kier alpha value is -1.41. The Morgan fingerprint density at radius 3 is 2.70 bits per heavy atom. The highest BCUT2D eigenvalue weighted by Crippen LogP contribution is 2.30. The molecule has 0 atom stereocenters. The zero-order valence-corrected chi connectivity index (χ0v) is 12.8. The van der Waals surface area contributed by atoms with Crippen LogP contribution in [0, 0.1) is 15.2 Å². The maximum atomic E-state index is 13.7. The predicted octanol–water partition coefficient (Wildman–Crippen LogP) is 4.14. The van der Waals surface area contributed by atoms with Gasteiger partial charge in [-0.2, -0.15) is 0 Å². The van der Waals surface area contributed by atoms with Gasteiger partial charge in [-0.3, -0.25) is 4.57 Å². The summed E-state index contributed by atoms with van der Waals surface area (Å²) in [5.74, 6) is -0.739. The Balaban J connectivity index is 2.38. The van der Waals surface area contributed by atoms with Gasteiger partial charge in [-0.05, 0) is 46.9 Å². The molecule has 102 valence electrons. The highest BCUT2D eigenvalue weighted by atomic mass is 127. The van der Waals surface area contributed by atoms with E-state index in [4.69, 9.17) is 17.3 Å². The number of hydrogen-bond acceptors (Lipinski definition) is 2. The molecule has 7 heteroatoms. The van der Waals surface area contributed by atoms with E-state index in [2.05, 4.69) is 4.98 Å². The van der Waals surface area contributed by atoms with Crippen molar-refractivity contribution in [1.29, 1.82) is 0 Å². The van der Waals surface area contributed by atoms with Crippen LogP contribution in [0.2, 0.25) is 5.02 Å². The van der Waals surface area contributed by atoms with Crippen molar-refractivity contribution in [3.8, 4) is 5.69 Å². The summed E-state index contributed by atoms with van der Waals surface area (Å²) in [5, 5.41) is 0.302. The Bertz CT molecular complexity index is 832. The maximum Gasteiger partial charge on any atom is 0.205 e. The topological polar surface area (TPSA) is 43.8 Å². The minimum Gasteiger partial charge on any atom is -0.369 e. The molecule has 0 unspecified atom stereocenters. The van der Waals surface area contributed by atoms with Gasteiger partial charge in [0.25, 0.3) is 0 Å². The SMILES string of the molecule is Nc1nc2cc(I)c(F)cc2n1-c1cc(F)ccc1Cl. The van der Waals surface area contributed by atoms with E-state index in [1.807, 2.05) is 22.6 Å². The minimum absolute atomic E-state index is 0.119. The summed E-state index contributed by atoms with van der Waals surface area (Å²) in [7, 11) is 0. The van der Waals surface area contributed by atoms with Crippen molar-refractivity contribution in [3.05, 3.63) is 50.6 Å². The number of nitrogens with zero attached hydrogens (tertiary/aromatic N) is 2. The molecule has 2 N–H and O–H groups in total. The summed E-state index contributed by atoms with van der Waals surface area (Å²) < 4.78 is 29.0. The average molecular weight is 406 g/mol. The van der Waals surface area contributed by atoms with Crippen molar-refractivity contribution in [2.45, 2.75) is 0 Å². The van der Waals surface area contributed by atoms with Gasteiger partial charge in [0.15, 0.2) is 0 Å².